The monoisotopic (exact) mass is 355 g/mol. The maximum absolute atomic E-state index is 12.6. The summed E-state index contributed by atoms with van der Waals surface area (Å²) in [5.41, 5.74) is 2.63. The minimum atomic E-state index is -0.297. The molecule has 3 unspecified atom stereocenters. The summed E-state index contributed by atoms with van der Waals surface area (Å²) < 4.78 is 0. The minimum absolute atomic E-state index is 0.0452. The second-order valence-corrected chi connectivity index (χ2v) is 7.57. The lowest BCUT2D eigenvalue weighted by Gasteiger charge is -2.47. The number of fused-ring (bicyclic) bond motifs is 3. The van der Waals surface area contributed by atoms with Gasteiger partial charge in [-0.15, -0.1) is 0 Å². The zero-order valence-electron chi connectivity index (χ0n) is 15.2. The van der Waals surface area contributed by atoms with Gasteiger partial charge in [0.2, 0.25) is 5.91 Å². The van der Waals surface area contributed by atoms with Crippen molar-refractivity contribution in [3.8, 4) is 11.4 Å². The number of aliphatic hydroxyl groups is 1. The van der Waals surface area contributed by atoms with Gasteiger partial charge >= 0.3 is 0 Å². The van der Waals surface area contributed by atoms with E-state index in [-0.39, 0.29) is 18.1 Å². The zero-order valence-corrected chi connectivity index (χ0v) is 15.2. The van der Waals surface area contributed by atoms with Crippen LogP contribution in [0.15, 0.2) is 18.2 Å². The molecule has 7 nitrogen and oxygen atoms in total. The number of hydrogen-bond donors (Lipinski definition) is 3. The number of hydrogen-bond acceptors (Lipinski definition) is 5. The molecule has 0 radical (unpaired) electrons. The number of aliphatic hydroxyl groups excluding tert-OH is 1. The third-order valence-corrected chi connectivity index (χ3v) is 5.57. The van der Waals surface area contributed by atoms with E-state index in [1.165, 1.54) is 0 Å². The molecule has 3 fully saturated rings. The maximum Gasteiger partial charge on any atom is 0.238 e. The van der Waals surface area contributed by atoms with Gasteiger partial charge in [0.25, 0.3) is 0 Å². The van der Waals surface area contributed by atoms with Gasteiger partial charge in [-0.2, -0.15) is 5.10 Å². The van der Waals surface area contributed by atoms with Gasteiger partial charge in [-0.05, 0) is 50.7 Å². The first-order valence-corrected chi connectivity index (χ1v) is 9.21. The molecule has 26 heavy (non-hydrogen) atoms. The van der Waals surface area contributed by atoms with Gasteiger partial charge in [-0.25, -0.2) is 4.98 Å². The molecule has 1 amide bonds. The summed E-state index contributed by atoms with van der Waals surface area (Å²) in [7, 11) is 0. The molecule has 1 aromatic carbocycles. The van der Waals surface area contributed by atoms with Crippen molar-refractivity contribution < 1.29 is 9.90 Å². The summed E-state index contributed by atoms with van der Waals surface area (Å²) in [6.45, 7) is 5.05. The van der Waals surface area contributed by atoms with Crippen LogP contribution < -0.4 is 5.32 Å². The largest absolute Gasteiger partial charge is 0.391 e. The van der Waals surface area contributed by atoms with E-state index in [1.54, 1.807) is 0 Å². The van der Waals surface area contributed by atoms with E-state index in [2.05, 4.69) is 25.4 Å². The van der Waals surface area contributed by atoms with E-state index in [9.17, 15) is 9.90 Å². The number of carbonyl (C=O) groups excluding carboxylic acids is 1. The topological polar surface area (TPSA) is 94.1 Å². The van der Waals surface area contributed by atoms with Crippen molar-refractivity contribution >= 4 is 11.6 Å². The first-order chi connectivity index (χ1) is 12.5. The second kappa shape index (κ2) is 6.81. The van der Waals surface area contributed by atoms with Crippen molar-refractivity contribution in [1.29, 1.82) is 0 Å². The van der Waals surface area contributed by atoms with E-state index in [0.29, 0.717) is 18.3 Å². The molecule has 2 bridgehead atoms. The molecular weight excluding hydrogens is 330 g/mol. The first-order valence-electron chi connectivity index (χ1n) is 9.21. The third-order valence-electron chi connectivity index (χ3n) is 5.57. The van der Waals surface area contributed by atoms with Crippen LogP contribution in [0.25, 0.3) is 11.4 Å². The number of nitrogens with zero attached hydrogens (tertiary/aromatic N) is 3. The van der Waals surface area contributed by atoms with Crippen molar-refractivity contribution in [2.45, 2.75) is 45.3 Å². The Labute approximate surface area is 152 Å². The summed E-state index contributed by atoms with van der Waals surface area (Å²) in [6.07, 6.45) is 2.73. The summed E-state index contributed by atoms with van der Waals surface area (Å²) in [6, 6.07) is 5.94. The zero-order chi connectivity index (χ0) is 18.3. The highest BCUT2D eigenvalue weighted by Crippen LogP contribution is 2.35. The Balaban J connectivity index is 1.46. The number of rotatable bonds is 4. The molecule has 1 aliphatic carbocycles. The number of amides is 1. The molecule has 2 aromatic rings. The van der Waals surface area contributed by atoms with E-state index < -0.39 is 0 Å². The number of H-pyrrole nitrogens is 1. The number of aryl methyl sites for hydroxylation is 2. The van der Waals surface area contributed by atoms with E-state index in [1.807, 2.05) is 32.0 Å². The molecule has 3 N–H and O–H groups in total. The van der Waals surface area contributed by atoms with Gasteiger partial charge < -0.3 is 10.4 Å². The van der Waals surface area contributed by atoms with Gasteiger partial charge in [-0.1, -0.05) is 12.1 Å². The molecule has 2 aliphatic heterocycles. The van der Waals surface area contributed by atoms with Gasteiger partial charge in [0.05, 0.1) is 12.6 Å². The molecule has 1 saturated carbocycles. The fraction of sp³-hybridized carbons (Fsp3) is 0.526. The SMILES string of the molecule is Cc1nc(-c2ccc(C)c(NC(=O)CN3CC4CCC3C(O)C4)c2)n[nH]1. The van der Waals surface area contributed by atoms with E-state index in [4.69, 9.17) is 0 Å². The summed E-state index contributed by atoms with van der Waals surface area (Å²) in [5.74, 6) is 1.84. The molecule has 3 atom stereocenters. The molecule has 2 saturated heterocycles. The van der Waals surface area contributed by atoms with Gasteiger partial charge in [0.1, 0.15) is 5.82 Å². The highest BCUT2D eigenvalue weighted by Gasteiger charge is 2.40. The number of anilines is 1. The van der Waals surface area contributed by atoms with Crippen LogP contribution in [0, 0.1) is 19.8 Å². The lowest BCUT2D eigenvalue weighted by Crippen LogP contribution is -2.57. The number of benzene rings is 1. The molecule has 5 rings (SSSR count). The van der Waals surface area contributed by atoms with Crippen molar-refractivity contribution in [1.82, 2.24) is 20.1 Å². The molecule has 0 spiro atoms. The van der Waals surface area contributed by atoms with E-state index in [0.717, 1.165) is 48.4 Å². The smallest absolute Gasteiger partial charge is 0.238 e. The van der Waals surface area contributed by atoms with Crippen LogP contribution in [0.5, 0.6) is 0 Å². The van der Waals surface area contributed by atoms with Crippen molar-refractivity contribution in [3.63, 3.8) is 0 Å². The second-order valence-electron chi connectivity index (χ2n) is 7.57. The Morgan fingerprint density at radius 1 is 1.38 bits per heavy atom. The normalized spacial score (nSPS) is 25.4. The van der Waals surface area contributed by atoms with Crippen LogP contribution in [-0.4, -0.2) is 56.3 Å². The average Bonchev–Trinajstić information content (AvgIpc) is 3.03. The van der Waals surface area contributed by atoms with Crippen LogP contribution in [0.4, 0.5) is 5.69 Å². The summed E-state index contributed by atoms with van der Waals surface area (Å²) >= 11 is 0. The predicted octanol–water partition coefficient (Wildman–Crippen LogP) is 1.87. The summed E-state index contributed by atoms with van der Waals surface area (Å²) in [5, 5.41) is 20.2. The number of aromatic nitrogens is 3. The Hall–Kier alpha value is -2.25. The molecule has 3 aliphatic rings. The van der Waals surface area contributed by atoms with E-state index >= 15 is 0 Å². The number of piperidine rings is 2. The highest BCUT2D eigenvalue weighted by molar-refractivity contribution is 5.93. The van der Waals surface area contributed by atoms with Crippen molar-refractivity contribution in [2.75, 3.05) is 18.4 Å². The average molecular weight is 355 g/mol. The van der Waals surface area contributed by atoms with Crippen LogP contribution in [0.1, 0.15) is 30.7 Å². The first kappa shape index (κ1) is 17.2. The van der Waals surface area contributed by atoms with Crippen LogP contribution >= 0.6 is 0 Å². The standard InChI is InChI=1S/C19H25N5O2/c1-11-3-5-14(19-20-12(2)22-23-19)8-15(11)21-18(26)10-24-9-13-4-6-16(24)17(25)7-13/h3,5,8,13,16-17,25H,4,6-7,9-10H2,1-2H3,(H,21,26)(H,20,22,23). The minimum Gasteiger partial charge on any atom is -0.391 e. The summed E-state index contributed by atoms with van der Waals surface area (Å²) in [4.78, 5) is 19.1. The molecular formula is C19H25N5O2. The maximum atomic E-state index is 12.6. The van der Waals surface area contributed by atoms with Crippen molar-refractivity contribution in [3.05, 3.63) is 29.6 Å². The Kier molecular flexibility index (Phi) is 4.50. The number of aromatic amines is 1. The number of carbonyl (C=O) groups is 1. The van der Waals surface area contributed by atoms with Gasteiger partial charge in [-0.3, -0.25) is 14.8 Å². The van der Waals surface area contributed by atoms with Gasteiger partial charge in [0, 0.05) is 23.8 Å². The Bertz CT molecular complexity index is 818. The molecule has 3 heterocycles. The van der Waals surface area contributed by atoms with Crippen LogP contribution in [0.3, 0.4) is 0 Å². The van der Waals surface area contributed by atoms with Crippen molar-refractivity contribution in [2.24, 2.45) is 5.92 Å². The van der Waals surface area contributed by atoms with Crippen LogP contribution in [-0.2, 0) is 4.79 Å². The Morgan fingerprint density at radius 3 is 2.92 bits per heavy atom. The lowest BCUT2D eigenvalue weighted by atomic mass is 9.78. The fourth-order valence-electron chi connectivity index (χ4n) is 4.20. The molecule has 7 heteroatoms. The predicted molar refractivity (Wildman–Crippen MR) is 98.6 cm³/mol. The number of nitrogens with one attached hydrogen (secondary N) is 2. The highest BCUT2D eigenvalue weighted by atomic mass is 16.3. The fourth-order valence-corrected chi connectivity index (χ4v) is 4.20. The third kappa shape index (κ3) is 3.37. The van der Waals surface area contributed by atoms with Gasteiger partial charge in [0.15, 0.2) is 5.82 Å². The molecule has 138 valence electrons. The Morgan fingerprint density at radius 2 is 2.23 bits per heavy atom. The quantitative estimate of drug-likeness (QED) is 0.778. The lowest BCUT2D eigenvalue weighted by molar-refractivity contribution is -0.122. The molecule has 1 aromatic heterocycles. The van der Waals surface area contributed by atoms with Crippen LogP contribution in [0.2, 0.25) is 0 Å².